The molecule has 0 spiro atoms. The summed E-state index contributed by atoms with van der Waals surface area (Å²) in [5, 5.41) is 0.476. The van der Waals surface area contributed by atoms with Gasteiger partial charge >= 0.3 is 0 Å². The van der Waals surface area contributed by atoms with Crippen molar-refractivity contribution in [2.75, 3.05) is 17.2 Å². The van der Waals surface area contributed by atoms with Crippen molar-refractivity contribution in [3.63, 3.8) is 0 Å². The van der Waals surface area contributed by atoms with E-state index >= 15 is 0 Å². The minimum atomic E-state index is 0.220. The van der Waals surface area contributed by atoms with Gasteiger partial charge in [-0.25, -0.2) is 9.97 Å². The van der Waals surface area contributed by atoms with E-state index in [-0.39, 0.29) is 5.95 Å². The number of hydrogen-bond acceptors (Lipinski definition) is 5. The Morgan fingerprint density at radius 2 is 1.92 bits per heavy atom. The summed E-state index contributed by atoms with van der Waals surface area (Å²) in [4.78, 5) is 15.6. The third kappa shape index (κ3) is 3.22. The molecule has 3 rings (SSSR count). The van der Waals surface area contributed by atoms with Crippen LogP contribution in [0.3, 0.4) is 0 Å². The highest BCUT2D eigenvalue weighted by molar-refractivity contribution is 9.10. The number of nitrogen functional groups attached to an aromatic ring is 1. The monoisotopic (exact) mass is 423 g/mol. The van der Waals surface area contributed by atoms with Gasteiger partial charge in [0.1, 0.15) is 15.6 Å². The van der Waals surface area contributed by atoms with Gasteiger partial charge in [-0.15, -0.1) is 0 Å². The molecule has 0 aromatic carbocycles. The zero-order valence-electron chi connectivity index (χ0n) is 15.0. The van der Waals surface area contributed by atoms with E-state index in [0.29, 0.717) is 11.1 Å². The zero-order chi connectivity index (χ0) is 18.3. The number of pyridine rings is 1. The van der Waals surface area contributed by atoms with Crippen LogP contribution in [0.15, 0.2) is 4.60 Å². The van der Waals surface area contributed by atoms with Gasteiger partial charge in [-0.05, 0) is 53.7 Å². The standard InChI is InChI=1S/C18H23BrClN5/c1-5-11-7-25(17-14(11)16(20)23-18(21)24-17)8-13-9(3)12(6-2)10(4)22-15(13)19/h11H,5-8H2,1-4H3,(H2,21,23,24). The Labute approximate surface area is 162 Å². The summed E-state index contributed by atoms with van der Waals surface area (Å²) in [6, 6.07) is 0. The molecule has 0 saturated heterocycles. The first-order valence-corrected chi connectivity index (χ1v) is 9.76. The first-order valence-electron chi connectivity index (χ1n) is 8.59. The number of anilines is 2. The number of fused-ring (bicyclic) bond motifs is 1. The minimum Gasteiger partial charge on any atom is -0.368 e. The number of halogens is 2. The van der Waals surface area contributed by atoms with Gasteiger partial charge in [0.15, 0.2) is 0 Å². The summed E-state index contributed by atoms with van der Waals surface area (Å²) in [7, 11) is 0. The third-order valence-electron chi connectivity index (χ3n) is 5.10. The predicted molar refractivity (Wildman–Crippen MR) is 106 cm³/mol. The maximum absolute atomic E-state index is 6.37. The smallest absolute Gasteiger partial charge is 0.223 e. The molecule has 2 aromatic rings. The molecule has 1 aliphatic heterocycles. The van der Waals surface area contributed by atoms with E-state index in [1.165, 1.54) is 16.7 Å². The van der Waals surface area contributed by atoms with Crippen LogP contribution in [0, 0.1) is 13.8 Å². The van der Waals surface area contributed by atoms with Crippen LogP contribution in [0.1, 0.15) is 54.1 Å². The van der Waals surface area contributed by atoms with Gasteiger partial charge in [-0.2, -0.15) is 4.98 Å². The van der Waals surface area contributed by atoms with Crippen molar-refractivity contribution >= 4 is 39.3 Å². The maximum atomic E-state index is 6.37. The summed E-state index contributed by atoms with van der Waals surface area (Å²) >= 11 is 10.0. The Hall–Kier alpha value is -1.40. The predicted octanol–water partition coefficient (Wildman–Crippen LogP) is 4.56. The fraction of sp³-hybridized carbons (Fsp3) is 0.500. The Bertz CT molecular complexity index is 824. The molecule has 0 radical (unpaired) electrons. The van der Waals surface area contributed by atoms with E-state index in [1.54, 1.807) is 0 Å². The lowest BCUT2D eigenvalue weighted by Gasteiger charge is -2.22. The second-order valence-corrected chi connectivity index (χ2v) is 7.63. The molecule has 2 N–H and O–H groups in total. The molecule has 5 nitrogen and oxygen atoms in total. The molecule has 1 atom stereocenters. The average Bonchev–Trinajstić information content (AvgIpc) is 2.89. The molecule has 0 aliphatic carbocycles. The summed E-state index contributed by atoms with van der Waals surface area (Å²) in [5.41, 5.74) is 11.7. The Morgan fingerprint density at radius 1 is 1.20 bits per heavy atom. The number of rotatable bonds is 4. The average molecular weight is 425 g/mol. The topological polar surface area (TPSA) is 67.9 Å². The molecule has 25 heavy (non-hydrogen) atoms. The fourth-order valence-corrected chi connectivity index (χ4v) is 4.76. The van der Waals surface area contributed by atoms with Crippen LogP contribution in [0.25, 0.3) is 0 Å². The summed E-state index contributed by atoms with van der Waals surface area (Å²) in [5.74, 6) is 1.40. The molecular formula is C18H23BrClN5. The van der Waals surface area contributed by atoms with Crippen molar-refractivity contribution in [1.29, 1.82) is 0 Å². The maximum Gasteiger partial charge on any atom is 0.223 e. The number of nitrogens with two attached hydrogens (primary N) is 1. The number of hydrogen-bond donors (Lipinski definition) is 1. The third-order valence-corrected chi connectivity index (χ3v) is 6.04. The van der Waals surface area contributed by atoms with Crippen LogP contribution in [0.2, 0.25) is 5.15 Å². The van der Waals surface area contributed by atoms with E-state index in [2.05, 4.69) is 63.5 Å². The van der Waals surface area contributed by atoms with Gasteiger partial charge in [-0.3, -0.25) is 0 Å². The zero-order valence-corrected chi connectivity index (χ0v) is 17.4. The van der Waals surface area contributed by atoms with Crippen molar-refractivity contribution in [2.45, 2.75) is 53.0 Å². The molecule has 0 saturated carbocycles. The van der Waals surface area contributed by atoms with E-state index < -0.39 is 0 Å². The van der Waals surface area contributed by atoms with E-state index in [1.807, 2.05) is 0 Å². The second-order valence-electron chi connectivity index (χ2n) is 6.52. The Kier molecular flexibility index (Phi) is 5.21. The van der Waals surface area contributed by atoms with Crippen molar-refractivity contribution in [3.05, 3.63) is 37.7 Å². The van der Waals surface area contributed by atoms with Crippen molar-refractivity contribution in [1.82, 2.24) is 15.0 Å². The van der Waals surface area contributed by atoms with Crippen LogP contribution in [0.4, 0.5) is 11.8 Å². The highest BCUT2D eigenvalue weighted by Gasteiger charge is 2.33. The molecule has 0 amide bonds. The first-order chi connectivity index (χ1) is 11.9. The van der Waals surface area contributed by atoms with Gasteiger partial charge in [-0.1, -0.05) is 25.4 Å². The van der Waals surface area contributed by atoms with Gasteiger partial charge in [0, 0.05) is 35.8 Å². The summed E-state index contributed by atoms with van der Waals surface area (Å²) < 4.78 is 0.898. The molecule has 134 valence electrons. The van der Waals surface area contributed by atoms with E-state index in [9.17, 15) is 0 Å². The van der Waals surface area contributed by atoms with Crippen LogP contribution < -0.4 is 10.6 Å². The second kappa shape index (κ2) is 7.08. The van der Waals surface area contributed by atoms with Gasteiger partial charge < -0.3 is 10.6 Å². The summed E-state index contributed by atoms with van der Waals surface area (Å²) in [6.45, 7) is 10.2. The van der Waals surface area contributed by atoms with Gasteiger partial charge in [0.2, 0.25) is 5.95 Å². The molecule has 1 unspecified atom stereocenters. The highest BCUT2D eigenvalue weighted by Crippen LogP contribution is 2.42. The van der Waals surface area contributed by atoms with E-state index in [0.717, 1.165) is 47.6 Å². The largest absolute Gasteiger partial charge is 0.368 e. The quantitative estimate of drug-likeness (QED) is 0.575. The number of nitrogens with zero attached hydrogens (tertiary/aromatic N) is 4. The molecule has 0 bridgehead atoms. The SMILES string of the molecule is CCc1c(C)nc(Br)c(CN2CC(CC)c3c(Cl)nc(N)nc32)c1C. The molecule has 3 heterocycles. The van der Waals surface area contributed by atoms with Gasteiger partial charge in [0.05, 0.1) is 0 Å². The molecule has 7 heteroatoms. The van der Waals surface area contributed by atoms with Crippen molar-refractivity contribution in [3.8, 4) is 0 Å². The lowest BCUT2D eigenvalue weighted by atomic mass is 10.0. The molecule has 0 fully saturated rings. The molecule has 2 aromatic heterocycles. The lowest BCUT2D eigenvalue weighted by molar-refractivity contribution is 0.667. The van der Waals surface area contributed by atoms with E-state index in [4.69, 9.17) is 17.3 Å². The number of aromatic nitrogens is 3. The van der Waals surface area contributed by atoms with Crippen molar-refractivity contribution < 1.29 is 0 Å². The molecular weight excluding hydrogens is 402 g/mol. The first kappa shape index (κ1) is 18.4. The highest BCUT2D eigenvalue weighted by atomic mass is 79.9. The van der Waals surface area contributed by atoms with Crippen LogP contribution in [-0.4, -0.2) is 21.5 Å². The van der Waals surface area contributed by atoms with Crippen LogP contribution in [0.5, 0.6) is 0 Å². The number of aryl methyl sites for hydroxylation is 1. The Balaban J connectivity index is 2.04. The van der Waals surface area contributed by atoms with Crippen molar-refractivity contribution in [2.24, 2.45) is 0 Å². The Morgan fingerprint density at radius 3 is 2.56 bits per heavy atom. The lowest BCUT2D eigenvalue weighted by Crippen LogP contribution is -2.23. The van der Waals surface area contributed by atoms with Gasteiger partial charge in [0.25, 0.3) is 0 Å². The molecule has 1 aliphatic rings. The minimum absolute atomic E-state index is 0.220. The summed E-state index contributed by atoms with van der Waals surface area (Å²) in [6.07, 6.45) is 1.96. The normalized spacial score (nSPS) is 16.4. The van der Waals surface area contributed by atoms with Crippen LogP contribution in [-0.2, 0) is 13.0 Å². The fourth-order valence-electron chi connectivity index (χ4n) is 3.74. The van der Waals surface area contributed by atoms with Crippen LogP contribution >= 0.6 is 27.5 Å².